The van der Waals surface area contributed by atoms with Crippen molar-refractivity contribution in [3.8, 4) is 5.75 Å². The lowest BCUT2D eigenvalue weighted by atomic mass is 10.0. The van der Waals surface area contributed by atoms with Gasteiger partial charge in [-0.2, -0.15) is 4.39 Å². The largest absolute Gasteiger partial charge is 0.505 e. The van der Waals surface area contributed by atoms with Crippen molar-refractivity contribution in [1.29, 1.82) is 0 Å². The highest BCUT2D eigenvalue weighted by atomic mass is 19.2. The van der Waals surface area contributed by atoms with E-state index < -0.39 is 23.4 Å². The smallest absolute Gasteiger partial charge is 0.200 e. The van der Waals surface area contributed by atoms with Gasteiger partial charge in [0.25, 0.3) is 0 Å². The van der Waals surface area contributed by atoms with E-state index in [1.165, 1.54) is 6.07 Å². The molecule has 1 aromatic rings. The molecule has 4 heteroatoms. The Hall–Kier alpha value is -1.16. The third-order valence-corrected chi connectivity index (χ3v) is 1.94. The average molecular weight is 187 g/mol. The number of halogens is 2. The summed E-state index contributed by atoms with van der Waals surface area (Å²) in [5.74, 6) is -2.99. The summed E-state index contributed by atoms with van der Waals surface area (Å²) in [6.45, 7) is 1.80. The Bertz CT molecular complexity index is 315. The Morgan fingerprint density at radius 3 is 2.62 bits per heavy atom. The van der Waals surface area contributed by atoms with Crippen LogP contribution in [0.15, 0.2) is 12.1 Å². The lowest BCUT2D eigenvalue weighted by molar-refractivity contribution is 0.396. The van der Waals surface area contributed by atoms with Crippen LogP contribution in [0.2, 0.25) is 0 Å². The number of hydrogen-bond acceptors (Lipinski definition) is 2. The van der Waals surface area contributed by atoms with Crippen LogP contribution >= 0.6 is 0 Å². The van der Waals surface area contributed by atoms with Crippen molar-refractivity contribution in [2.45, 2.75) is 19.4 Å². The van der Waals surface area contributed by atoms with E-state index in [1.807, 2.05) is 0 Å². The van der Waals surface area contributed by atoms with Gasteiger partial charge in [0.2, 0.25) is 5.82 Å². The van der Waals surface area contributed by atoms with Gasteiger partial charge in [0.15, 0.2) is 11.6 Å². The average Bonchev–Trinajstić information content (AvgIpc) is 2.13. The molecule has 0 bridgehead atoms. The first-order chi connectivity index (χ1) is 6.07. The summed E-state index contributed by atoms with van der Waals surface area (Å²) in [6, 6.07) is 1.79. The zero-order chi connectivity index (χ0) is 10.0. The van der Waals surface area contributed by atoms with E-state index in [1.54, 1.807) is 6.92 Å². The van der Waals surface area contributed by atoms with E-state index in [2.05, 4.69) is 0 Å². The molecule has 1 aromatic carbocycles. The SMILES string of the molecule is CC[C@@H](N)c1ccc(F)c(F)c1O. The van der Waals surface area contributed by atoms with Crippen molar-refractivity contribution >= 4 is 0 Å². The molecule has 13 heavy (non-hydrogen) atoms. The summed E-state index contributed by atoms with van der Waals surface area (Å²) >= 11 is 0. The third kappa shape index (κ3) is 1.78. The number of aromatic hydroxyl groups is 1. The molecule has 2 nitrogen and oxygen atoms in total. The molecule has 0 saturated heterocycles. The van der Waals surface area contributed by atoms with Crippen LogP contribution in [0.1, 0.15) is 24.9 Å². The third-order valence-electron chi connectivity index (χ3n) is 1.94. The summed E-state index contributed by atoms with van der Waals surface area (Å²) < 4.78 is 25.4. The molecule has 0 saturated carbocycles. The van der Waals surface area contributed by atoms with Crippen molar-refractivity contribution in [2.75, 3.05) is 0 Å². The fraction of sp³-hybridized carbons (Fsp3) is 0.333. The van der Waals surface area contributed by atoms with Crippen LogP contribution < -0.4 is 5.73 Å². The van der Waals surface area contributed by atoms with Gasteiger partial charge in [-0.25, -0.2) is 4.39 Å². The molecule has 0 spiro atoms. The molecule has 0 aromatic heterocycles. The van der Waals surface area contributed by atoms with Gasteiger partial charge in [0.05, 0.1) is 0 Å². The predicted octanol–water partition coefficient (Wildman–Crippen LogP) is 2.08. The summed E-state index contributed by atoms with van der Waals surface area (Å²) in [7, 11) is 0. The number of benzene rings is 1. The van der Waals surface area contributed by atoms with Gasteiger partial charge in [-0.05, 0) is 12.5 Å². The van der Waals surface area contributed by atoms with Gasteiger partial charge in [-0.3, -0.25) is 0 Å². The maximum atomic E-state index is 12.8. The number of nitrogens with two attached hydrogens (primary N) is 1. The Kier molecular flexibility index (Phi) is 2.83. The van der Waals surface area contributed by atoms with E-state index in [4.69, 9.17) is 5.73 Å². The first-order valence-electron chi connectivity index (χ1n) is 4.00. The molecule has 0 radical (unpaired) electrons. The number of rotatable bonds is 2. The van der Waals surface area contributed by atoms with Gasteiger partial charge >= 0.3 is 0 Å². The first-order valence-corrected chi connectivity index (χ1v) is 4.00. The minimum Gasteiger partial charge on any atom is -0.505 e. The van der Waals surface area contributed by atoms with Crippen LogP contribution in [0.3, 0.4) is 0 Å². The predicted molar refractivity (Wildman–Crippen MR) is 45.2 cm³/mol. The van der Waals surface area contributed by atoms with Gasteiger partial charge < -0.3 is 10.8 Å². The van der Waals surface area contributed by atoms with Crippen LogP contribution in [-0.4, -0.2) is 5.11 Å². The molecule has 0 aliphatic carbocycles. The molecule has 72 valence electrons. The van der Waals surface area contributed by atoms with Gasteiger partial charge in [0, 0.05) is 11.6 Å². The zero-order valence-corrected chi connectivity index (χ0v) is 7.22. The lowest BCUT2D eigenvalue weighted by Gasteiger charge is -2.11. The Morgan fingerprint density at radius 1 is 1.46 bits per heavy atom. The Morgan fingerprint density at radius 2 is 2.08 bits per heavy atom. The monoisotopic (exact) mass is 187 g/mol. The topological polar surface area (TPSA) is 46.2 Å². The van der Waals surface area contributed by atoms with Crippen molar-refractivity contribution in [3.63, 3.8) is 0 Å². The Labute approximate surface area is 75.0 Å². The van der Waals surface area contributed by atoms with E-state index in [0.29, 0.717) is 6.42 Å². The minimum atomic E-state index is -1.23. The molecule has 1 atom stereocenters. The van der Waals surface area contributed by atoms with E-state index in [0.717, 1.165) is 6.07 Å². The standard InChI is InChI=1S/C9H11F2NO/c1-2-7(12)5-3-4-6(10)8(11)9(5)13/h3-4,7,13H,2,12H2,1H3/t7-/m1/s1. The fourth-order valence-corrected chi connectivity index (χ4v) is 1.07. The maximum absolute atomic E-state index is 12.8. The minimum absolute atomic E-state index is 0.237. The summed E-state index contributed by atoms with van der Waals surface area (Å²) in [5, 5.41) is 9.18. The molecular formula is C9H11F2NO. The lowest BCUT2D eigenvalue weighted by Crippen LogP contribution is -2.09. The number of phenolic OH excluding ortho intramolecular Hbond substituents is 1. The molecule has 0 aliphatic rings. The molecular weight excluding hydrogens is 176 g/mol. The number of phenols is 1. The Balaban J connectivity index is 3.18. The van der Waals surface area contributed by atoms with Crippen LogP contribution in [0, 0.1) is 11.6 Å². The highest BCUT2D eigenvalue weighted by Gasteiger charge is 2.15. The first kappa shape index (κ1) is 9.92. The summed E-state index contributed by atoms with van der Waals surface area (Å²) in [4.78, 5) is 0. The number of hydrogen-bond donors (Lipinski definition) is 2. The molecule has 0 heterocycles. The van der Waals surface area contributed by atoms with Crippen LogP contribution in [0.4, 0.5) is 8.78 Å². The second-order valence-electron chi connectivity index (χ2n) is 2.81. The summed E-state index contributed by atoms with van der Waals surface area (Å²) in [5.41, 5.74) is 5.80. The van der Waals surface area contributed by atoms with Crippen LogP contribution in [-0.2, 0) is 0 Å². The molecule has 0 aliphatic heterocycles. The fourth-order valence-electron chi connectivity index (χ4n) is 1.07. The highest BCUT2D eigenvalue weighted by Crippen LogP contribution is 2.28. The van der Waals surface area contributed by atoms with E-state index in [-0.39, 0.29) is 5.56 Å². The second kappa shape index (κ2) is 3.70. The van der Waals surface area contributed by atoms with Gasteiger partial charge in [-0.15, -0.1) is 0 Å². The van der Waals surface area contributed by atoms with Crippen molar-refractivity contribution < 1.29 is 13.9 Å². The van der Waals surface area contributed by atoms with E-state index >= 15 is 0 Å². The van der Waals surface area contributed by atoms with Gasteiger partial charge in [-0.1, -0.05) is 13.0 Å². The molecule has 3 N–H and O–H groups in total. The second-order valence-corrected chi connectivity index (χ2v) is 2.81. The molecule has 0 unspecified atom stereocenters. The molecule has 0 amide bonds. The van der Waals surface area contributed by atoms with Crippen LogP contribution in [0.5, 0.6) is 5.75 Å². The molecule has 0 fully saturated rings. The van der Waals surface area contributed by atoms with Gasteiger partial charge in [0.1, 0.15) is 0 Å². The maximum Gasteiger partial charge on any atom is 0.200 e. The zero-order valence-electron chi connectivity index (χ0n) is 7.22. The normalized spacial score (nSPS) is 12.9. The van der Waals surface area contributed by atoms with E-state index in [9.17, 15) is 13.9 Å². The van der Waals surface area contributed by atoms with Crippen molar-refractivity contribution in [1.82, 2.24) is 0 Å². The van der Waals surface area contributed by atoms with Crippen LogP contribution in [0.25, 0.3) is 0 Å². The quantitative estimate of drug-likeness (QED) is 0.744. The van der Waals surface area contributed by atoms with Crippen molar-refractivity contribution in [2.24, 2.45) is 5.73 Å². The molecule has 1 rings (SSSR count). The van der Waals surface area contributed by atoms with Crippen molar-refractivity contribution in [3.05, 3.63) is 29.3 Å². The summed E-state index contributed by atoms with van der Waals surface area (Å²) in [6.07, 6.45) is 0.554. The highest BCUT2D eigenvalue weighted by molar-refractivity contribution is 5.36.